The highest BCUT2D eigenvalue weighted by Crippen LogP contribution is 2.30. The van der Waals surface area contributed by atoms with Crippen molar-refractivity contribution in [3.8, 4) is 11.1 Å². The van der Waals surface area contributed by atoms with Crippen molar-refractivity contribution >= 4 is 17.6 Å². The number of carbonyl (C=O) groups is 3. The second-order valence-electron chi connectivity index (χ2n) is 9.64. The van der Waals surface area contributed by atoms with E-state index >= 15 is 0 Å². The summed E-state index contributed by atoms with van der Waals surface area (Å²) in [5, 5.41) is 15.2. The molecule has 1 fully saturated rings. The van der Waals surface area contributed by atoms with Crippen molar-refractivity contribution < 1.29 is 24.2 Å². The Kier molecular flexibility index (Phi) is 8.23. The Hall–Kier alpha value is -3.03. The molecule has 3 N–H and O–H groups in total. The monoisotopic (exact) mass is 466 g/mol. The van der Waals surface area contributed by atoms with Gasteiger partial charge in [-0.3, -0.25) is 14.4 Å². The van der Waals surface area contributed by atoms with Gasteiger partial charge in [0.05, 0.1) is 19.3 Å². The maximum atomic E-state index is 13.2. The lowest BCUT2D eigenvalue weighted by atomic mass is 9.92. The minimum Gasteiger partial charge on any atom is -0.393 e. The molecule has 1 heterocycles. The van der Waals surface area contributed by atoms with Crippen LogP contribution in [0.2, 0.25) is 0 Å². The topological polar surface area (TPSA) is 108 Å². The molecule has 1 aliphatic heterocycles. The summed E-state index contributed by atoms with van der Waals surface area (Å²) in [7, 11) is 0. The van der Waals surface area contributed by atoms with Crippen LogP contribution in [0.1, 0.15) is 44.5 Å². The van der Waals surface area contributed by atoms with Crippen molar-refractivity contribution in [3.63, 3.8) is 0 Å². The molecule has 2 amide bonds. The molecule has 3 rings (SSSR count). The first-order valence-corrected chi connectivity index (χ1v) is 11.7. The number of Topliss-reactive ketones (excluding diaryl/α,β-unsaturated/α-hetero) is 1. The lowest BCUT2D eigenvalue weighted by Crippen LogP contribution is -2.56. The Morgan fingerprint density at radius 1 is 0.971 bits per heavy atom. The van der Waals surface area contributed by atoms with Crippen molar-refractivity contribution in [2.45, 2.75) is 51.8 Å². The Bertz CT molecular complexity index is 1010. The Balaban J connectivity index is 1.74. The Morgan fingerprint density at radius 2 is 1.62 bits per heavy atom. The predicted molar refractivity (Wildman–Crippen MR) is 130 cm³/mol. The van der Waals surface area contributed by atoms with Gasteiger partial charge in [0.1, 0.15) is 6.04 Å². The molecule has 0 saturated carbocycles. The van der Waals surface area contributed by atoms with Crippen molar-refractivity contribution in [2.75, 3.05) is 13.2 Å². The second-order valence-corrected chi connectivity index (χ2v) is 9.64. The third-order valence-corrected chi connectivity index (χ3v) is 6.00. The average Bonchev–Trinajstić information content (AvgIpc) is 3.63. The first kappa shape index (κ1) is 25.6. The van der Waals surface area contributed by atoms with Gasteiger partial charge in [-0.1, -0.05) is 70.2 Å². The fraction of sp³-hybridized carbons (Fsp3) is 0.444. The molecule has 182 valence electrons. The number of ether oxygens (including phenoxy) is 1. The first-order valence-electron chi connectivity index (χ1n) is 11.7. The summed E-state index contributed by atoms with van der Waals surface area (Å²) >= 11 is 0. The quantitative estimate of drug-likeness (QED) is 0.441. The van der Waals surface area contributed by atoms with Crippen LogP contribution in [0.3, 0.4) is 0 Å². The summed E-state index contributed by atoms with van der Waals surface area (Å²) in [5.41, 5.74) is 1.12. The van der Waals surface area contributed by atoms with E-state index in [0.29, 0.717) is 12.0 Å². The van der Waals surface area contributed by atoms with Crippen molar-refractivity contribution in [2.24, 2.45) is 11.8 Å². The third-order valence-electron chi connectivity index (χ3n) is 6.00. The number of benzene rings is 2. The molecular weight excluding hydrogens is 432 g/mol. The number of epoxide rings is 1. The van der Waals surface area contributed by atoms with Crippen molar-refractivity contribution in [1.82, 2.24) is 10.6 Å². The van der Waals surface area contributed by atoms with Gasteiger partial charge in [0.25, 0.3) is 5.91 Å². The summed E-state index contributed by atoms with van der Waals surface area (Å²) < 4.78 is 5.21. The number of ketones is 1. The molecule has 34 heavy (non-hydrogen) atoms. The molecule has 3 unspecified atom stereocenters. The molecule has 2 aromatic rings. The number of aliphatic hydroxyl groups is 1. The molecule has 2 aromatic carbocycles. The van der Waals surface area contributed by atoms with Gasteiger partial charge in [-0.25, -0.2) is 0 Å². The number of amides is 2. The maximum absolute atomic E-state index is 13.2. The minimum atomic E-state index is -1.22. The van der Waals surface area contributed by atoms with E-state index in [2.05, 4.69) is 10.6 Å². The highest BCUT2D eigenvalue weighted by Gasteiger charge is 2.54. The van der Waals surface area contributed by atoms with E-state index < -0.39 is 30.2 Å². The molecule has 0 spiro atoms. The molecule has 1 aliphatic rings. The highest BCUT2D eigenvalue weighted by atomic mass is 16.6. The average molecular weight is 467 g/mol. The van der Waals surface area contributed by atoms with Crippen LogP contribution in [0.4, 0.5) is 0 Å². The third kappa shape index (κ3) is 6.10. The van der Waals surface area contributed by atoms with Crippen molar-refractivity contribution in [1.29, 1.82) is 0 Å². The number of hydrogen-bond acceptors (Lipinski definition) is 5. The summed E-state index contributed by atoms with van der Waals surface area (Å²) in [6.45, 7) is 7.31. The zero-order valence-electron chi connectivity index (χ0n) is 20.2. The number of aliphatic hydroxyl groups excluding tert-OH is 1. The largest absolute Gasteiger partial charge is 0.393 e. The van der Waals surface area contributed by atoms with Crippen LogP contribution in [-0.2, 0) is 14.3 Å². The molecular formula is C27H34N2O5. The maximum Gasteiger partial charge on any atom is 0.251 e. The van der Waals surface area contributed by atoms with Crippen LogP contribution in [0.25, 0.3) is 11.1 Å². The molecule has 0 radical (unpaired) electrons. The molecule has 3 atom stereocenters. The van der Waals surface area contributed by atoms with Crippen LogP contribution in [0, 0.1) is 11.8 Å². The minimum absolute atomic E-state index is 0.136. The van der Waals surface area contributed by atoms with Crippen LogP contribution in [0.15, 0.2) is 54.6 Å². The van der Waals surface area contributed by atoms with Gasteiger partial charge in [-0.2, -0.15) is 0 Å². The molecule has 0 bridgehead atoms. The van der Waals surface area contributed by atoms with E-state index in [-0.39, 0.29) is 30.1 Å². The van der Waals surface area contributed by atoms with Crippen LogP contribution < -0.4 is 10.6 Å². The van der Waals surface area contributed by atoms with Gasteiger partial charge in [0, 0.05) is 5.56 Å². The fourth-order valence-electron chi connectivity index (χ4n) is 3.91. The van der Waals surface area contributed by atoms with E-state index in [1.165, 1.54) is 0 Å². The SMILES string of the molecule is CC(C)CC(NC(=O)C(NC(=O)c1cccc(-c2ccccc2)c1)C(C)C)C(=O)C1(CO)CO1. The normalized spacial score (nSPS) is 18.9. The second kappa shape index (κ2) is 10.9. The van der Waals surface area contributed by atoms with Crippen LogP contribution in [0.5, 0.6) is 0 Å². The lowest BCUT2D eigenvalue weighted by molar-refractivity contribution is -0.133. The summed E-state index contributed by atoms with van der Waals surface area (Å²) in [5.74, 6) is -1.20. The number of rotatable bonds is 11. The van der Waals surface area contributed by atoms with Gasteiger partial charge in [-0.15, -0.1) is 0 Å². The van der Waals surface area contributed by atoms with E-state index in [1.807, 2.05) is 70.2 Å². The van der Waals surface area contributed by atoms with Crippen LogP contribution >= 0.6 is 0 Å². The van der Waals surface area contributed by atoms with Gasteiger partial charge in [0.2, 0.25) is 5.91 Å². The number of nitrogens with one attached hydrogen (secondary N) is 2. The summed E-state index contributed by atoms with van der Waals surface area (Å²) in [6.07, 6.45) is 0.410. The Morgan fingerprint density at radius 3 is 2.18 bits per heavy atom. The smallest absolute Gasteiger partial charge is 0.251 e. The van der Waals surface area contributed by atoms with Crippen LogP contribution in [-0.4, -0.2) is 53.6 Å². The standard InChI is InChI=1S/C27H34N2O5/c1-17(2)13-22(24(31)27(15-30)16-34-27)28-26(33)23(18(3)4)29-25(32)21-12-8-11-20(14-21)19-9-6-5-7-10-19/h5-12,14,17-18,22-23,30H,13,15-16H2,1-4H3,(H,28,33)(H,29,32). The molecule has 7 nitrogen and oxygen atoms in total. The van der Waals surface area contributed by atoms with E-state index in [9.17, 15) is 19.5 Å². The lowest BCUT2D eigenvalue weighted by Gasteiger charge is -2.27. The summed E-state index contributed by atoms with van der Waals surface area (Å²) in [4.78, 5) is 39.2. The van der Waals surface area contributed by atoms with E-state index in [0.717, 1.165) is 11.1 Å². The fourth-order valence-corrected chi connectivity index (χ4v) is 3.91. The zero-order chi connectivity index (χ0) is 24.9. The Labute approximate surface area is 200 Å². The van der Waals surface area contributed by atoms with Crippen molar-refractivity contribution in [3.05, 3.63) is 60.2 Å². The van der Waals surface area contributed by atoms with Gasteiger partial charge in [-0.05, 0) is 41.5 Å². The predicted octanol–water partition coefficient (Wildman–Crippen LogP) is 2.97. The van der Waals surface area contributed by atoms with E-state index in [1.54, 1.807) is 12.1 Å². The number of carbonyl (C=O) groups excluding carboxylic acids is 3. The number of hydrogen-bond donors (Lipinski definition) is 3. The molecule has 1 saturated heterocycles. The van der Waals surface area contributed by atoms with Gasteiger partial charge in [0.15, 0.2) is 11.4 Å². The van der Waals surface area contributed by atoms with E-state index in [4.69, 9.17) is 4.74 Å². The zero-order valence-corrected chi connectivity index (χ0v) is 20.2. The summed E-state index contributed by atoms with van der Waals surface area (Å²) in [6, 6.07) is 15.3. The molecule has 7 heteroatoms. The molecule has 0 aliphatic carbocycles. The first-order chi connectivity index (χ1) is 16.2. The highest BCUT2D eigenvalue weighted by molar-refractivity contribution is 6.00. The van der Waals surface area contributed by atoms with Gasteiger partial charge < -0.3 is 20.5 Å². The molecule has 0 aromatic heterocycles. The van der Waals surface area contributed by atoms with Gasteiger partial charge >= 0.3 is 0 Å².